The maximum atomic E-state index is 12.6. The number of nitrogens with zero attached hydrogens (tertiary/aromatic N) is 4. The summed E-state index contributed by atoms with van der Waals surface area (Å²) in [5.74, 6) is 1.45. The van der Waals surface area contributed by atoms with Gasteiger partial charge in [-0.25, -0.2) is 13.4 Å². The minimum Gasteiger partial charge on any atom is -0.495 e. The molecule has 4 aromatic rings. The Kier molecular flexibility index (Phi) is 5.70. The summed E-state index contributed by atoms with van der Waals surface area (Å²) in [5.41, 5.74) is 2.94. The molecule has 2 aromatic heterocycles. The number of aryl methyl sites for hydroxylation is 1. The van der Waals surface area contributed by atoms with Crippen molar-refractivity contribution in [1.82, 2.24) is 20.2 Å². The van der Waals surface area contributed by atoms with E-state index in [1.807, 2.05) is 25.1 Å². The van der Waals surface area contributed by atoms with Crippen LogP contribution < -0.4 is 15.0 Å². The molecule has 0 spiro atoms. The number of hydrogen-bond donors (Lipinski definition) is 2. The van der Waals surface area contributed by atoms with E-state index in [0.29, 0.717) is 28.9 Å². The van der Waals surface area contributed by atoms with Crippen LogP contribution in [0, 0.1) is 6.92 Å². The third-order valence-electron chi connectivity index (χ3n) is 5.22. The molecule has 0 aliphatic heterocycles. The van der Waals surface area contributed by atoms with Crippen LogP contribution in [0.15, 0.2) is 53.6 Å². The molecule has 4 rings (SSSR count). The summed E-state index contributed by atoms with van der Waals surface area (Å²) in [6, 6.07) is 12.3. The van der Waals surface area contributed by atoms with Crippen LogP contribution in [0.3, 0.4) is 0 Å². The molecule has 0 atom stereocenters. The van der Waals surface area contributed by atoms with Crippen molar-refractivity contribution >= 4 is 43.9 Å². The van der Waals surface area contributed by atoms with Gasteiger partial charge in [-0.15, -0.1) is 0 Å². The summed E-state index contributed by atoms with van der Waals surface area (Å²) in [5, 5.41) is 11.4. The number of ether oxygens (including phenoxy) is 1. The fourth-order valence-electron chi connectivity index (χ4n) is 3.44. The summed E-state index contributed by atoms with van der Waals surface area (Å²) in [7, 11) is -0.135. The first-order valence-corrected chi connectivity index (χ1v) is 11.7. The predicted octanol–water partition coefficient (Wildman–Crippen LogP) is 3.98. The molecule has 32 heavy (non-hydrogen) atoms. The van der Waals surface area contributed by atoms with E-state index in [2.05, 4.69) is 25.5 Å². The highest BCUT2D eigenvalue weighted by atomic mass is 32.2. The van der Waals surface area contributed by atoms with Crippen molar-refractivity contribution < 1.29 is 13.2 Å². The van der Waals surface area contributed by atoms with Crippen molar-refractivity contribution in [2.24, 2.45) is 0 Å². The fraction of sp³-hybridized carbons (Fsp3) is 0.227. The molecular formula is C22H24N6O3S. The van der Waals surface area contributed by atoms with Gasteiger partial charge in [-0.1, -0.05) is 6.92 Å². The first kappa shape index (κ1) is 21.6. The van der Waals surface area contributed by atoms with Crippen molar-refractivity contribution in [3.63, 3.8) is 0 Å². The van der Waals surface area contributed by atoms with Crippen LogP contribution in [-0.4, -0.2) is 48.5 Å². The summed E-state index contributed by atoms with van der Waals surface area (Å²) in [4.78, 5) is 11.0. The fourth-order valence-corrected chi connectivity index (χ4v) is 4.34. The van der Waals surface area contributed by atoms with Crippen molar-refractivity contribution in [2.75, 3.05) is 30.1 Å². The van der Waals surface area contributed by atoms with Crippen LogP contribution in [0.5, 0.6) is 5.75 Å². The monoisotopic (exact) mass is 452 g/mol. The molecular weight excluding hydrogens is 428 g/mol. The van der Waals surface area contributed by atoms with E-state index >= 15 is 0 Å². The number of fused-ring (bicyclic) bond motifs is 1. The summed E-state index contributed by atoms with van der Waals surface area (Å²) in [6.07, 6.45) is 1.64. The average molecular weight is 453 g/mol. The van der Waals surface area contributed by atoms with E-state index < -0.39 is 9.84 Å². The SMILES string of the molecule is CCS(=O)(=O)c1ccc(OC)c(N(c2ccc3c(C)[nH]nc3c2)c2nccc(NC)n2)c1. The van der Waals surface area contributed by atoms with Crippen molar-refractivity contribution in [2.45, 2.75) is 18.7 Å². The molecule has 0 radical (unpaired) electrons. The maximum Gasteiger partial charge on any atom is 0.236 e. The third kappa shape index (κ3) is 3.84. The Balaban J connectivity index is 1.99. The zero-order chi connectivity index (χ0) is 22.9. The van der Waals surface area contributed by atoms with Gasteiger partial charge in [-0.05, 0) is 49.4 Å². The van der Waals surface area contributed by atoms with Crippen LogP contribution in [0.4, 0.5) is 23.1 Å². The van der Waals surface area contributed by atoms with Crippen LogP contribution in [-0.2, 0) is 9.84 Å². The molecule has 0 saturated carbocycles. The zero-order valence-corrected chi connectivity index (χ0v) is 19.1. The Bertz CT molecular complexity index is 1380. The molecule has 0 fully saturated rings. The summed E-state index contributed by atoms with van der Waals surface area (Å²) < 4.78 is 30.8. The van der Waals surface area contributed by atoms with E-state index in [1.165, 1.54) is 7.11 Å². The minimum atomic E-state index is -3.44. The number of rotatable bonds is 7. The van der Waals surface area contributed by atoms with Crippen LogP contribution in [0.25, 0.3) is 10.9 Å². The second-order valence-electron chi connectivity index (χ2n) is 7.11. The molecule has 2 heterocycles. The highest BCUT2D eigenvalue weighted by Gasteiger charge is 2.23. The lowest BCUT2D eigenvalue weighted by molar-refractivity contribution is 0.415. The average Bonchev–Trinajstić information content (AvgIpc) is 3.19. The third-order valence-corrected chi connectivity index (χ3v) is 6.95. The molecule has 0 amide bonds. The first-order valence-electron chi connectivity index (χ1n) is 10.0. The number of methoxy groups -OCH3 is 1. The Morgan fingerprint density at radius 2 is 1.97 bits per heavy atom. The maximum absolute atomic E-state index is 12.6. The quantitative estimate of drug-likeness (QED) is 0.433. The Morgan fingerprint density at radius 3 is 2.69 bits per heavy atom. The zero-order valence-electron chi connectivity index (χ0n) is 18.2. The number of nitrogens with one attached hydrogen (secondary N) is 2. The van der Waals surface area contributed by atoms with E-state index in [4.69, 9.17) is 4.74 Å². The van der Waals surface area contributed by atoms with E-state index in [9.17, 15) is 8.42 Å². The number of hydrogen-bond acceptors (Lipinski definition) is 8. The van der Waals surface area contributed by atoms with Gasteiger partial charge in [0.1, 0.15) is 11.6 Å². The van der Waals surface area contributed by atoms with Gasteiger partial charge in [0.25, 0.3) is 0 Å². The molecule has 166 valence electrons. The number of benzene rings is 2. The Hall–Kier alpha value is -3.66. The Labute approximate surface area is 186 Å². The second-order valence-corrected chi connectivity index (χ2v) is 9.39. The molecule has 10 heteroatoms. The second kappa shape index (κ2) is 8.46. The highest BCUT2D eigenvalue weighted by molar-refractivity contribution is 7.91. The normalized spacial score (nSPS) is 11.5. The Morgan fingerprint density at radius 1 is 1.16 bits per heavy atom. The van der Waals surface area contributed by atoms with E-state index in [-0.39, 0.29) is 10.6 Å². The number of H-pyrrole nitrogens is 1. The molecule has 9 nitrogen and oxygen atoms in total. The molecule has 0 saturated heterocycles. The number of aromatic amines is 1. The van der Waals surface area contributed by atoms with Gasteiger partial charge in [0.05, 0.1) is 34.6 Å². The molecule has 2 N–H and O–H groups in total. The standard InChI is InChI=1S/C22H24N6O3S/c1-5-32(29,30)16-7-9-20(31-4)19(13-16)28(22-24-11-10-21(23-3)25-22)15-6-8-17-14(2)26-27-18(17)12-15/h6-13H,5H2,1-4H3,(H,26,27)(H,23,24,25). The molecule has 0 unspecified atom stereocenters. The summed E-state index contributed by atoms with van der Waals surface area (Å²) in [6.45, 7) is 3.57. The van der Waals surface area contributed by atoms with Crippen molar-refractivity contribution in [3.05, 3.63) is 54.4 Å². The van der Waals surface area contributed by atoms with Gasteiger partial charge < -0.3 is 10.1 Å². The lowest BCUT2D eigenvalue weighted by atomic mass is 10.1. The topological polar surface area (TPSA) is 113 Å². The lowest BCUT2D eigenvalue weighted by Gasteiger charge is -2.25. The largest absolute Gasteiger partial charge is 0.495 e. The van der Waals surface area contributed by atoms with Gasteiger partial charge in [-0.3, -0.25) is 10.00 Å². The van der Waals surface area contributed by atoms with Crippen molar-refractivity contribution in [3.8, 4) is 5.75 Å². The van der Waals surface area contributed by atoms with Gasteiger partial charge >= 0.3 is 0 Å². The van der Waals surface area contributed by atoms with Gasteiger partial charge in [0.2, 0.25) is 5.95 Å². The van der Waals surface area contributed by atoms with Gasteiger partial charge in [0.15, 0.2) is 9.84 Å². The molecule has 0 bridgehead atoms. The van der Waals surface area contributed by atoms with Crippen LogP contribution in [0.1, 0.15) is 12.6 Å². The highest BCUT2D eigenvalue weighted by Crippen LogP contribution is 2.41. The summed E-state index contributed by atoms with van der Waals surface area (Å²) >= 11 is 0. The molecule has 2 aromatic carbocycles. The van der Waals surface area contributed by atoms with Gasteiger partial charge in [0, 0.05) is 24.3 Å². The lowest BCUT2D eigenvalue weighted by Crippen LogP contribution is -2.16. The smallest absolute Gasteiger partial charge is 0.236 e. The van der Waals surface area contributed by atoms with E-state index in [0.717, 1.165) is 16.6 Å². The minimum absolute atomic E-state index is 0.0109. The van der Waals surface area contributed by atoms with Crippen LogP contribution >= 0.6 is 0 Å². The first-order chi connectivity index (χ1) is 15.4. The molecule has 0 aliphatic carbocycles. The van der Waals surface area contributed by atoms with Crippen LogP contribution in [0.2, 0.25) is 0 Å². The predicted molar refractivity (Wildman–Crippen MR) is 125 cm³/mol. The van der Waals surface area contributed by atoms with Crippen molar-refractivity contribution in [1.29, 1.82) is 0 Å². The number of anilines is 4. The number of aromatic nitrogens is 4. The van der Waals surface area contributed by atoms with E-state index in [1.54, 1.807) is 49.3 Å². The number of sulfone groups is 1. The van der Waals surface area contributed by atoms with Gasteiger partial charge in [-0.2, -0.15) is 10.1 Å². The molecule has 0 aliphatic rings.